The van der Waals surface area contributed by atoms with Crippen LogP contribution in [0.25, 0.3) is 0 Å². The van der Waals surface area contributed by atoms with Gasteiger partial charge in [-0.05, 0) is 31.9 Å². The summed E-state index contributed by atoms with van der Waals surface area (Å²) in [5, 5.41) is 9.15. The molecule has 0 bridgehead atoms. The first-order chi connectivity index (χ1) is 11.1. The van der Waals surface area contributed by atoms with Crippen molar-refractivity contribution in [1.29, 1.82) is 0 Å². The lowest BCUT2D eigenvalue weighted by Gasteiger charge is -2.31. The Labute approximate surface area is 136 Å². The summed E-state index contributed by atoms with van der Waals surface area (Å²) in [5.74, 6) is -1.000. The average molecular weight is 321 g/mol. The number of aliphatic carboxylic acids is 1. The zero-order valence-electron chi connectivity index (χ0n) is 13.4. The Hall–Kier alpha value is -2.08. The molecule has 1 fully saturated rings. The Morgan fingerprint density at radius 2 is 2.09 bits per heavy atom. The number of ether oxygens (including phenoxy) is 2. The number of carbonyl (C=O) groups excluding carboxylic acids is 1. The maximum Gasteiger partial charge on any atom is 0.308 e. The van der Waals surface area contributed by atoms with Crippen molar-refractivity contribution in [2.75, 3.05) is 32.9 Å². The molecule has 1 heterocycles. The lowest BCUT2D eigenvalue weighted by atomic mass is 9.97. The van der Waals surface area contributed by atoms with E-state index in [0.29, 0.717) is 50.5 Å². The van der Waals surface area contributed by atoms with Crippen LogP contribution in [-0.2, 0) is 9.53 Å². The van der Waals surface area contributed by atoms with E-state index in [4.69, 9.17) is 14.6 Å². The molecule has 1 aliphatic heterocycles. The minimum Gasteiger partial charge on any atom is -0.490 e. The fraction of sp³-hybridized carbons (Fsp3) is 0.529. The van der Waals surface area contributed by atoms with E-state index in [1.54, 1.807) is 23.1 Å². The molecule has 1 aromatic rings. The first-order valence-electron chi connectivity index (χ1n) is 7.95. The van der Waals surface area contributed by atoms with Gasteiger partial charge in [-0.15, -0.1) is 0 Å². The van der Waals surface area contributed by atoms with Gasteiger partial charge in [-0.25, -0.2) is 0 Å². The van der Waals surface area contributed by atoms with Crippen LogP contribution in [-0.4, -0.2) is 54.8 Å². The van der Waals surface area contributed by atoms with Crippen LogP contribution in [0.1, 0.15) is 30.1 Å². The Balaban J connectivity index is 2.05. The lowest BCUT2D eigenvalue weighted by molar-refractivity contribution is -0.143. The highest BCUT2D eigenvalue weighted by Gasteiger charge is 2.29. The zero-order valence-corrected chi connectivity index (χ0v) is 13.4. The predicted octanol–water partition coefficient (Wildman–Crippen LogP) is 2.04. The number of piperidine rings is 1. The summed E-state index contributed by atoms with van der Waals surface area (Å²) in [6, 6.07) is 7.05. The molecular weight excluding hydrogens is 298 g/mol. The number of benzene rings is 1. The molecule has 126 valence electrons. The fourth-order valence-electron chi connectivity index (χ4n) is 2.66. The molecule has 1 atom stereocenters. The molecule has 2 rings (SSSR count). The molecule has 1 saturated heterocycles. The third-order valence-corrected chi connectivity index (χ3v) is 3.86. The molecule has 0 spiro atoms. The van der Waals surface area contributed by atoms with Gasteiger partial charge in [-0.3, -0.25) is 9.59 Å². The molecule has 0 radical (unpaired) electrons. The Kier molecular flexibility index (Phi) is 6.40. The van der Waals surface area contributed by atoms with Crippen molar-refractivity contribution in [3.63, 3.8) is 0 Å². The summed E-state index contributed by atoms with van der Waals surface area (Å²) < 4.78 is 10.9. The van der Waals surface area contributed by atoms with Crippen LogP contribution in [0.3, 0.4) is 0 Å². The molecule has 0 aliphatic carbocycles. The van der Waals surface area contributed by atoms with Gasteiger partial charge in [0.2, 0.25) is 0 Å². The molecule has 23 heavy (non-hydrogen) atoms. The second-order valence-electron chi connectivity index (χ2n) is 5.47. The standard InChI is InChI=1S/C17H23NO5/c1-2-22-10-11-23-15-8-4-3-7-14(15)16(19)18-9-5-6-13(12-18)17(20)21/h3-4,7-8,13H,2,5-6,9-12H2,1H3,(H,20,21)/t13-/m0/s1. The predicted molar refractivity (Wildman–Crippen MR) is 84.7 cm³/mol. The minimum atomic E-state index is -0.844. The smallest absolute Gasteiger partial charge is 0.308 e. The number of carbonyl (C=O) groups is 2. The van der Waals surface area contributed by atoms with Crippen LogP contribution in [0.5, 0.6) is 5.75 Å². The topological polar surface area (TPSA) is 76.1 Å². The zero-order chi connectivity index (χ0) is 16.7. The third-order valence-electron chi connectivity index (χ3n) is 3.86. The maximum atomic E-state index is 12.7. The Morgan fingerprint density at radius 1 is 1.30 bits per heavy atom. The van der Waals surface area contributed by atoms with Crippen molar-refractivity contribution in [1.82, 2.24) is 4.90 Å². The summed E-state index contributed by atoms with van der Waals surface area (Å²) in [7, 11) is 0. The number of amides is 1. The molecule has 1 aliphatic rings. The Morgan fingerprint density at radius 3 is 2.83 bits per heavy atom. The van der Waals surface area contributed by atoms with Crippen LogP contribution in [0.15, 0.2) is 24.3 Å². The van der Waals surface area contributed by atoms with Crippen molar-refractivity contribution in [2.24, 2.45) is 5.92 Å². The van der Waals surface area contributed by atoms with Gasteiger partial charge in [0, 0.05) is 19.7 Å². The number of likely N-dealkylation sites (tertiary alicyclic amines) is 1. The highest BCUT2D eigenvalue weighted by Crippen LogP contribution is 2.23. The second kappa shape index (κ2) is 8.53. The van der Waals surface area contributed by atoms with Crippen molar-refractivity contribution < 1.29 is 24.2 Å². The lowest BCUT2D eigenvalue weighted by Crippen LogP contribution is -2.42. The van der Waals surface area contributed by atoms with E-state index in [-0.39, 0.29) is 12.5 Å². The number of carboxylic acids is 1. The second-order valence-corrected chi connectivity index (χ2v) is 5.47. The molecule has 1 aromatic carbocycles. The molecule has 0 unspecified atom stereocenters. The van der Waals surface area contributed by atoms with Gasteiger partial charge in [-0.2, -0.15) is 0 Å². The number of nitrogens with zero attached hydrogens (tertiary/aromatic N) is 1. The summed E-state index contributed by atoms with van der Waals surface area (Å²) in [6.07, 6.45) is 1.32. The van der Waals surface area contributed by atoms with Crippen molar-refractivity contribution in [3.8, 4) is 5.75 Å². The van der Waals surface area contributed by atoms with E-state index in [2.05, 4.69) is 0 Å². The molecular formula is C17H23NO5. The van der Waals surface area contributed by atoms with Gasteiger partial charge >= 0.3 is 5.97 Å². The van der Waals surface area contributed by atoms with Crippen LogP contribution in [0.4, 0.5) is 0 Å². The van der Waals surface area contributed by atoms with E-state index in [9.17, 15) is 9.59 Å². The van der Waals surface area contributed by atoms with Gasteiger partial charge in [0.15, 0.2) is 0 Å². The van der Waals surface area contributed by atoms with Gasteiger partial charge < -0.3 is 19.5 Å². The monoisotopic (exact) mass is 321 g/mol. The van der Waals surface area contributed by atoms with Crippen LogP contribution in [0, 0.1) is 5.92 Å². The third kappa shape index (κ3) is 4.69. The first kappa shape index (κ1) is 17.3. The summed E-state index contributed by atoms with van der Waals surface area (Å²) in [4.78, 5) is 25.5. The number of rotatable bonds is 7. The van der Waals surface area contributed by atoms with Gasteiger partial charge in [0.05, 0.1) is 18.1 Å². The van der Waals surface area contributed by atoms with Gasteiger partial charge in [-0.1, -0.05) is 12.1 Å². The Bertz CT molecular complexity index is 546. The van der Waals surface area contributed by atoms with Crippen molar-refractivity contribution in [2.45, 2.75) is 19.8 Å². The van der Waals surface area contributed by atoms with Crippen molar-refractivity contribution >= 4 is 11.9 Å². The van der Waals surface area contributed by atoms with Crippen LogP contribution in [0.2, 0.25) is 0 Å². The molecule has 6 heteroatoms. The van der Waals surface area contributed by atoms with Crippen molar-refractivity contribution in [3.05, 3.63) is 29.8 Å². The van der Waals surface area contributed by atoms with E-state index >= 15 is 0 Å². The van der Waals surface area contributed by atoms with E-state index in [1.165, 1.54) is 0 Å². The average Bonchev–Trinajstić information content (AvgIpc) is 2.58. The maximum absolute atomic E-state index is 12.7. The molecule has 0 saturated carbocycles. The number of para-hydroxylation sites is 1. The molecule has 0 aromatic heterocycles. The number of hydrogen-bond acceptors (Lipinski definition) is 4. The van der Waals surface area contributed by atoms with E-state index in [0.717, 1.165) is 0 Å². The van der Waals surface area contributed by atoms with Gasteiger partial charge in [0.1, 0.15) is 12.4 Å². The summed E-state index contributed by atoms with van der Waals surface area (Å²) in [6.45, 7) is 4.19. The quantitative estimate of drug-likeness (QED) is 0.778. The summed E-state index contributed by atoms with van der Waals surface area (Å²) in [5.41, 5.74) is 0.468. The van der Waals surface area contributed by atoms with Gasteiger partial charge in [0.25, 0.3) is 5.91 Å². The van der Waals surface area contributed by atoms with E-state index in [1.807, 2.05) is 13.0 Å². The van der Waals surface area contributed by atoms with E-state index < -0.39 is 11.9 Å². The molecule has 1 N–H and O–H groups in total. The summed E-state index contributed by atoms with van der Waals surface area (Å²) >= 11 is 0. The highest BCUT2D eigenvalue weighted by molar-refractivity contribution is 5.97. The van der Waals surface area contributed by atoms with Crippen LogP contribution < -0.4 is 4.74 Å². The highest BCUT2D eigenvalue weighted by atomic mass is 16.5. The van der Waals surface area contributed by atoms with Crippen LogP contribution >= 0.6 is 0 Å². The first-order valence-corrected chi connectivity index (χ1v) is 7.95. The normalized spacial score (nSPS) is 17.8. The SMILES string of the molecule is CCOCCOc1ccccc1C(=O)N1CCC[C@H](C(=O)O)C1. The minimum absolute atomic E-state index is 0.178. The number of carboxylic acid groups (broad SMARTS) is 1. The largest absolute Gasteiger partial charge is 0.490 e. The molecule has 6 nitrogen and oxygen atoms in total. The fourth-order valence-corrected chi connectivity index (χ4v) is 2.66. The number of hydrogen-bond donors (Lipinski definition) is 1. The molecule has 1 amide bonds.